The molecule has 0 spiro atoms. The Morgan fingerprint density at radius 2 is 2.21 bits per heavy atom. The Labute approximate surface area is 115 Å². The molecule has 19 heavy (non-hydrogen) atoms. The molecule has 0 fully saturated rings. The van der Waals surface area contributed by atoms with Gasteiger partial charge >= 0.3 is 0 Å². The largest absolute Gasteiger partial charge is 0.401 e. The van der Waals surface area contributed by atoms with Gasteiger partial charge in [-0.2, -0.15) is 13.8 Å². The van der Waals surface area contributed by atoms with Gasteiger partial charge in [0.15, 0.2) is 0 Å². The summed E-state index contributed by atoms with van der Waals surface area (Å²) < 4.78 is 26.4. The molecule has 0 aliphatic carbocycles. The smallest absolute Gasteiger partial charge is 0.219 e. The molecule has 0 bridgehead atoms. The summed E-state index contributed by atoms with van der Waals surface area (Å²) in [5.41, 5.74) is 7.79. The fraction of sp³-hybridized carbons (Fsp3) is 0.308. The van der Waals surface area contributed by atoms with E-state index in [4.69, 9.17) is 5.73 Å². The van der Waals surface area contributed by atoms with Crippen LogP contribution in [-0.2, 0) is 0 Å². The van der Waals surface area contributed by atoms with E-state index in [2.05, 4.69) is 16.9 Å². The first kappa shape index (κ1) is 13.9. The lowest BCUT2D eigenvalue weighted by Crippen LogP contribution is -2.24. The summed E-state index contributed by atoms with van der Waals surface area (Å²) in [6.45, 7) is 6.47. The molecular weight excluding hydrogens is 268 g/mol. The molecule has 0 saturated carbocycles. The van der Waals surface area contributed by atoms with Crippen LogP contribution in [0.3, 0.4) is 0 Å². The van der Waals surface area contributed by atoms with Crippen LogP contribution in [0.25, 0.3) is 0 Å². The Bertz CT molecular complexity index is 543. The topological polar surface area (TPSA) is 50.9 Å². The van der Waals surface area contributed by atoms with E-state index in [1.165, 1.54) is 17.8 Å². The van der Waals surface area contributed by atoms with E-state index < -0.39 is 11.9 Å². The second kappa shape index (κ2) is 5.61. The van der Waals surface area contributed by atoms with E-state index in [0.29, 0.717) is 5.56 Å². The molecular formula is C13H15F2N3S. The van der Waals surface area contributed by atoms with E-state index in [-0.39, 0.29) is 5.25 Å². The highest BCUT2D eigenvalue weighted by Crippen LogP contribution is 2.39. The van der Waals surface area contributed by atoms with Crippen LogP contribution in [0, 0.1) is 11.9 Å². The van der Waals surface area contributed by atoms with E-state index >= 15 is 0 Å². The Morgan fingerprint density at radius 1 is 1.47 bits per heavy atom. The van der Waals surface area contributed by atoms with Gasteiger partial charge in [0, 0.05) is 40.1 Å². The number of pyridine rings is 1. The highest BCUT2D eigenvalue weighted by molar-refractivity contribution is 8.03. The van der Waals surface area contributed by atoms with Crippen molar-refractivity contribution in [1.29, 1.82) is 0 Å². The van der Waals surface area contributed by atoms with Crippen LogP contribution in [-0.4, -0.2) is 11.5 Å². The number of halogens is 2. The van der Waals surface area contributed by atoms with Crippen LogP contribution in [0.4, 0.5) is 8.78 Å². The number of hydrogen-bond donors (Lipinski definition) is 2. The minimum atomic E-state index is -0.819. The number of nitrogens with one attached hydrogen (secondary N) is 1. The molecule has 1 aliphatic heterocycles. The summed E-state index contributed by atoms with van der Waals surface area (Å²) in [5, 5.41) is 2.90. The van der Waals surface area contributed by atoms with Gasteiger partial charge in [-0.05, 0) is 19.1 Å². The normalized spacial score (nSPS) is 17.3. The summed E-state index contributed by atoms with van der Waals surface area (Å²) in [7, 11) is 0. The summed E-state index contributed by atoms with van der Waals surface area (Å²) >= 11 is 1.40. The maximum Gasteiger partial charge on any atom is 0.219 e. The number of nitrogens with two attached hydrogens (primary N) is 1. The lowest BCUT2D eigenvalue weighted by Gasteiger charge is -2.23. The van der Waals surface area contributed by atoms with Crippen molar-refractivity contribution in [1.82, 2.24) is 10.3 Å². The third-order valence-corrected chi connectivity index (χ3v) is 4.23. The molecule has 1 unspecified atom stereocenters. The van der Waals surface area contributed by atoms with Gasteiger partial charge in [0.25, 0.3) is 0 Å². The average Bonchev–Trinajstić information content (AvgIpc) is 2.33. The van der Waals surface area contributed by atoms with E-state index in [9.17, 15) is 8.78 Å². The van der Waals surface area contributed by atoms with Crippen LogP contribution >= 0.6 is 11.8 Å². The zero-order valence-electron chi connectivity index (χ0n) is 10.5. The maximum absolute atomic E-state index is 13.6. The summed E-state index contributed by atoms with van der Waals surface area (Å²) in [5.74, 6) is -1.60. The number of nitrogens with zero attached hydrogens (tertiary/aromatic N) is 1. The molecule has 0 radical (unpaired) electrons. The monoisotopic (exact) mass is 283 g/mol. The zero-order chi connectivity index (χ0) is 14.0. The molecule has 1 aromatic rings. The van der Waals surface area contributed by atoms with Crippen LogP contribution in [0.2, 0.25) is 0 Å². The van der Waals surface area contributed by atoms with Gasteiger partial charge in [-0.1, -0.05) is 6.58 Å². The number of thioether (sulfide) groups is 1. The molecule has 2 rings (SSSR count). The molecule has 6 heteroatoms. The van der Waals surface area contributed by atoms with Crippen molar-refractivity contribution >= 4 is 11.8 Å². The summed E-state index contributed by atoms with van der Waals surface area (Å²) in [4.78, 5) is 4.03. The van der Waals surface area contributed by atoms with Crippen LogP contribution in [0.1, 0.15) is 24.2 Å². The third-order valence-electron chi connectivity index (χ3n) is 2.87. The van der Waals surface area contributed by atoms with Crippen LogP contribution < -0.4 is 11.1 Å². The lowest BCUT2D eigenvalue weighted by molar-refractivity contribution is 0.503. The molecule has 1 aromatic heterocycles. The molecule has 0 amide bonds. The molecule has 1 atom stereocenters. The molecule has 2 heterocycles. The maximum atomic E-state index is 13.6. The number of aromatic nitrogens is 1. The van der Waals surface area contributed by atoms with Crippen molar-refractivity contribution in [2.75, 3.05) is 6.54 Å². The molecule has 0 saturated heterocycles. The second-order valence-electron chi connectivity index (χ2n) is 4.28. The van der Waals surface area contributed by atoms with Crippen LogP contribution in [0.5, 0.6) is 0 Å². The lowest BCUT2D eigenvalue weighted by atomic mass is 10.2. The summed E-state index contributed by atoms with van der Waals surface area (Å²) in [6, 6.07) is 2.56. The minimum absolute atomic E-state index is 0.224. The van der Waals surface area contributed by atoms with Gasteiger partial charge in [0.05, 0.1) is 0 Å². The Balaban J connectivity index is 2.21. The first-order chi connectivity index (χ1) is 8.99. The van der Waals surface area contributed by atoms with Crippen molar-refractivity contribution in [3.8, 4) is 0 Å². The van der Waals surface area contributed by atoms with Gasteiger partial charge in [0.1, 0.15) is 0 Å². The Morgan fingerprint density at radius 3 is 2.84 bits per heavy atom. The molecule has 1 aliphatic rings. The average molecular weight is 283 g/mol. The van der Waals surface area contributed by atoms with Crippen molar-refractivity contribution < 1.29 is 8.78 Å². The molecule has 102 valence electrons. The van der Waals surface area contributed by atoms with Crippen molar-refractivity contribution in [3.05, 3.63) is 52.5 Å². The third kappa shape index (κ3) is 3.07. The molecule has 0 aromatic carbocycles. The number of hydrogen-bond acceptors (Lipinski definition) is 4. The summed E-state index contributed by atoms with van der Waals surface area (Å²) in [6.07, 6.45) is 0.734. The number of rotatable bonds is 3. The minimum Gasteiger partial charge on any atom is -0.401 e. The van der Waals surface area contributed by atoms with Gasteiger partial charge in [-0.15, -0.1) is 11.8 Å². The Kier molecular flexibility index (Phi) is 4.09. The predicted molar refractivity (Wildman–Crippen MR) is 73.1 cm³/mol. The SMILES string of the molecule is C=C1NCCC(N)=C1SC(C)c1ccc(F)nc1F. The standard InChI is InChI=1S/C13H15F2N3S/c1-7-12(10(16)5-6-17-7)19-8(2)9-3-4-11(14)18-13(9)15/h3-4,8,17H,1,5-6,16H2,2H3. The Hall–Kier alpha value is -1.56. The van der Waals surface area contributed by atoms with E-state index in [0.717, 1.165) is 35.3 Å². The first-order valence-corrected chi connectivity index (χ1v) is 6.77. The highest BCUT2D eigenvalue weighted by Gasteiger charge is 2.20. The molecule has 3 nitrogen and oxygen atoms in total. The van der Waals surface area contributed by atoms with Gasteiger partial charge < -0.3 is 11.1 Å². The van der Waals surface area contributed by atoms with E-state index in [1.807, 2.05) is 6.92 Å². The van der Waals surface area contributed by atoms with E-state index in [1.54, 1.807) is 0 Å². The van der Waals surface area contributed by atoms with Crippen molar-refractivity contribution in [2.24, 2.45) is 5.73 Å². The predicted octanol–water partition coefficient (Wildman–Crippen LogP) is 2.83. The fourth-order valence-corrected chi connectivity index (χ4v) is 2.97. The van der Waals surface area contributed by atoms with Gasteiger partial charge in [-0.25, -0.2) is 0 Å². The fourth-order valence-electron chi connectivity index (χ4n) is 1.85. The van der Waals surface area contributed by atoms with Crippen molar-refractivity contribution in [2.45, 2.75) is 18.6 Å². The quantitative estimate of drug-likeness (QED) is 0.838. The zero-order valence-corrected chi connectivity index (χ0v) is 11.4. The van der Waals surface area contributed by atoms with Gasteiger partial charge in [-0.3, -0.25) is 0 Å². The molecule has 3 N–H and O–H groups in total. The van der Waals surface area contributed by atoms with Crippen LogP contribution in [0.15, 0.2) is 35.0 Å². The second-order valence-corrected chi connectivity index (χ2v) is 5.63. The van der Waals surface area contributed by atoms with Gasteiger partial charge in [0.2, 0.25) is 11.9 Å². The van der Waals surface area contributed by atoms with Crippen molar-refractivity contribution in [3.63, 3.8) is 0 Å². The highest BCUT2D eigenvalue weighted by atomic mass is 32.2. The first-order valence-electron chi connectivity index (χ1n) is 5.89.